The van der Waals surface area contributed by atoms with Crippen molar-refractivity contribution in [3.05, 3.63) is 53.4 Å². The lowest BCUT2D eigenvalue weighted by Gasteiger charge is -2.11. The summed E-state index contributed by atoms with van der Waals surface area (Å²) in [5.41, 5.74) is 3.58. The summed E-state index contributed by atoms with van der Waals surface area (Å²) >= 11 is 1.67. The quantitative estimate of drug-likeness (QED) is 0.586. The van der Waals surface area contributed by atoms with Crippen LogP contribution in [-0.4, -0.2) is 28.3 Å². The molecule has 2 heterocycles. The highest BCUT2D eigenvalue weighted by molar-refractivity contribution is 7.13. The number of nitrogens with zero attached hydrogens (tertiary/aromatic N) is 1. The van der Waals surface area contributed by atoms with E-state index >= 15 is 0 Å². The second kappa shape index (κ2) is 7.47. The maximum Gasteiger partial charge on any atom is 0.127 e. The van der Waals surface area contributed by atoms with Gasteiger partial charge in [0.15, 0.2) is 0 Å². The first-order chi connectivity index (χ1) is 11.7. The van der Waals surface area contributed by atoms with Crippen LogP contribution < -0.4 is 5.32 Å². The molecule has 4 nitrogen and oxygen atoms in total. The molecule has 24 heavy (non-hydrogen) atoms. The molecule has 124 valence electrons. The second-order valence-corrected chi connectivity index (χ2v) is 6.58. The van der Waals surface area contributed by atoms with Crippen LogP contribution >= 0.6 is 11.3 Å². The van der Waals surface area contributed by atoms with Gasteiger partial charge in [-0.2, -0.15) is 0 Å². The number of pyridine rings is 1. The number of benzene rings is 1. The van der Waals surface area contributed by atoms with Gasteiger partial charge in [-0.3, -0.25) is 0 Å². The monoisotopic (exact) mass is 340 g/mol. The van der Waals surface area contributed by atoms with Crippen molar-refractivity contribution in [2.45, 2.75) is 13.3 Å². The SMILES string of the molecule is Cc1ccc(O)c(-c2cc(-c3cccs3)cc(NCCCO)n2)c1. The van der Waals surface area contributed by atoms with E-state index in [1.807, 2.05) is 42.6 Å². The molecule has 0 aliphatic carbocycles. The van der Waals surface area contributed by atoms with E-state index in [-0.39, 0.29) is 12.4 Å². The van der Waals surface area contributed by atoms with Crippen LogP contribution in [0.2, 0.25) is 0 Å². The number of aromatic nitrogens is 1. The summed E-state index contributed by atoms with van der Waals surface area (Å²) < 4.78 is 0. The van der Waals surface area contributed by atoms with Crippen molar-refractivity contribution in [3.8, 4) is 27.4 Å². The summed E-state index contributed by atoms with van der Waals surface area (Å²) in [4.78, 5) is 5.79. The summed E-state index contributed by atoms with van der Waals surface area (Å²) in [6.07, 6.45) is 0.663. The van der Waals surface area contributed by atoms with Crippen LogP contribution in [0.25, 0.3) is 21.7 Å². The Morgan fingerprint density at radius 1 is 1.17 bits per heavy atom. The molecule has 2 aromatic heterocycles. The van der Waals surface area contributed by atoms with Gasteiger partial charge in [0.05, 0.1) is 5.69 Å². The van der Waals surface area contributed by atoms with Crippen molar-refractivity contribution in [3.63, 3.8) is 0 Å². The molecule has 0 unspecified atom stereocenters. The zero-order chi connectivity index (χ0) is 16.9. The van der Waals surface area contributed by atoms with E-state index in [1.54, 1.807) is 17.4 Å². The third kappa shape index (κ3) is 3.75. The summed E-state index contributed by atoms with van der Waals surface area (Å²) in [6.45, 7) is 2.78. The molecule has 5 heteroatoms. The Balaban J connectivity index is 2.05. The molecule has 0 atom stereocenters. The van der Waals surface area contributed by atoms with Crippen molar-refractivity contribution < 1.29 is 10.2 Å². The van der Waals surface area contributed by atoms with E-state index in [0.29, 0.717) is 13.0 Å². The number of hydrogen-bond acceptors (Lipinski definition) is 5. The number of nitrogens with one attached hydrogen (secondary N) is 1. The fourth-order valence-corrected chi connectivity index (χ4v) is 3.21. The number of phenols is 1. The van der Waals surface area contributed by atoms with Gasteiger partial charge in [0.1, 0.15) is 11.6 Å². The van der Waals surface area contributed by atoms with Crippen LogP contribution in [0.15, 0.2) is 47.8 Å². The number of aliphatic hydroxyl groups excluding tert-OH is 1. The minimum absolute atomic E-state index is 0.142. The molecule has 0 saturated carbocycles. The van der Waals surface area contributed by atoms with Crippen LogP contribution in [0.1, 0.15) is 12.0 Å². The van der Waals surface area contributed by atoms with Gasteiger partial charge >= 0.3 is 0 Å². The molecule has 3 N–H and O–H groups in total. The minimum Gasteiger partial charge on any atom is -0.507 e. The highest BCUT2D eigenvalue weighted by atomic mass is 32.1. The number of thiophene rings is 1. The highest BCUT2D eigenvalue weighted by Crippen LogP contribution is 2.34. The zero-order valence-electron chi connectivity index (χ0n) is 13.5. The highest BCUT2D eigenvalue weighted by Gasteiger charge is 2.11. The molecule has 0 aliphatic rings. The lowest BCUT2D eigenvalue weighted by atomic mass is 10.0. The standard InChI is InChI=1S/C19H20N2O2S/c1-13-5-6-17(23)15(10-13)16-11-14(18-4-2-9-24-18)12-19(21-16)20-7-3-8-22/h2,4-6,9-12,22-23H,3,7-8H2,1H3,(H,20,21). The fourth-order valence-electron chi connectivity index (χ4n) is 2.49. The molecule has 0 aliphatic heterocycles. The molecule has 0 bridgehead atoms. The van der Waals surface area contributed by atoms with E-state index in [0.717, 1.165) is 33.1 Å². The van der Waals surface area contributed by atoms with E-state index in [4.69, 9.17) is 5.11 Å². The van der Waals surface area contributed by atoms with Crippen molar-refractivity contribution in [1.29, 1.82) is 0 Å². The number of hydrogen-bond donors (Lipinski definition) is 3. The first-order valence-corrected chi connectivity index (χ1v) is 8.76. The van der Waals surface area contributed by atoms with E-state index in [1.165, 1.54) is 0 Å². The molecular formula is C19H20N2O2S. The Morgan fingerprint density at radius 2 is 2.04 bits per heavy atom. The van der Waals surface area contributed by atoms with Crippen LogP contribution in [-0.2, 0) is 0 Å². The van der Waals surface area contributed by atoms with Crippen molar-refractivity contribution >= 4 is 17.2 Å². The van der Waals surface area contributed by atoms with Gasteiger partial charge in [-0.25, -0.2) is 4.98 Å². The van der Waals surface area contributed by atoms with E-state index in [2.05, 4.69) is 16.4 Å². The van der Waals surface area contributed by atoms with Crippen LogP contribution in [0.4, 0.5) is 5.82 Å². The molecule has 0 radical (unpaired) electrons. The number of rotatable bonds is 6. The summed E-state index contributed by atoms with van der Waals surface area (Å²) in [5, 5.41) is 24.5. The van der Waals surface area contributed by atoms with Crippen LogP contribution in [0.5, 0.6) is 5.75 Å². The molecule has 3 aromatic rings. The molecule has 1 aromatic carbocycles. The topological polar surface area (TPSA) is 65.4 Å². The lowest BCUT2D eigenvalue weighted by Crippen LogP contribution is -2.05. The minimum atomic E-state index is 0.142. The predicted octanol–water partition coefficient (Wildman–Crippen LogP) is 4.29. The molecule has 0 spiro atoms. The normalized spacial score (nSPS) is 10.8. The number of anilines is 1. The summed E-state index contributed by atoms with van der Waals surface area (Å²) in [5.74, 6) is 0.961. The zero-order valence-corrected chi connectivity index (χ0v) is 14.3. The first-order valence-electron chi connectivity index (χ1n) is 7.88. The first kappa shape index (κ1) is 16.5. The van der Waals surface area contributed by atoms with Gasteiger partial charge in [0, 0.05) is 23.6 Å². The Labute approximate surface area is 145 Å². The Bertz CT molecular complexity index is 816. The van der Waals surface area contributed by atoms with E-state index < -0.39 is 0 Å². The largest absolute Gasteiger partial charge is 0.507 e. The molecule has 3 rings (SSSR count). The molecule has 0 fully saturated rings. The third-order valence-electron chi connectivity index (χ3n) is 3.70. The Hall–Kier alpha value is -2.37. The van der Waals surface area contributed by atoms with Gasteiger partial charge in [-0.1, -0.05) is 17.7 Å². The van der Waals surface area contributed by atoms with Crippen molar-refractivity contribution in [2.75, 3.05) is 18.5 Å². The average Bonchev–Trinajstić information content (AvgIpc) is 3.12. The summed E-state index contributed by atoms with van der Waals surface area (Å²) in [7, 11) is 0. The van der Waals surface area contributed by atoms with E-state index in [9.17, 15) is 5.11 Å². The molecular weight excluding hydrogens is 320 g/mol. The number of aliphatic hydroxyl groups is 1. The molecule has 0 amide bonds. The maximum absolute atomic E-state index is 10.2. The van der Waals surface area contributed by atoms with Gasteiger partial charge in [0.2, 0.25) is 0 Å². The summed E-state index contributed by atoms with van der Waals surface area (Å²) in [6, 6.07) is 13.6. The van der Waals surface area contributed by atoms with Crippen molar-refractivity contribution in [1.82, 2.24) is 4.98 Å². The number of aromatic hydroxyl groups is 1. The average molecular weight is 340 g/mol. The number of aryl methyl sites for hydroxylation is 1. The van der Waals surface area contributed by atoms with Crippen molar-refractivity contribution in [2.24, 2.45) is 0 Å². The predicted molar refractivity (Wildman–Crippen MR) is 99.6 cm³/mol. The maximum atomic E-state index is 10.2. The van der Waals surface area contributed by atoms with Gasteiger partial charge in [-0.05, 0) is 54.6 Å². The fraction of sp³-hybridized carbons (Fsp3) is 0.211. The lowest BCUT2D eigenvalue weighted by molar-refractivity contribution is 0.292. The third-order valence-corrected chi connectivity index (χ3v) is 4.62. The van der Waals surface area contributed by atoms with Crippen LogP contribution in [0, 0.1) is 6.92 Å². The van der Waals surface area contributed by atoms with Gasteiger partial charge in [0.25, 0.3) is 0 Å². The second-order valence-electron chi connectivity index (χ2n) is 5.63. The smallest absolute Gasteiger partial charge is 0.127 e. The van der Waals surface area contributed by atoms with Crippen LogP contribution in [0.3, 0.4) is 0 Å². The van der Waals surface area contributed by atoms with Gasteiger partial charge in [-0.15, -0.1) is 11.3 Å². The Morgan fingerprint density at radius 3 is 2.79 bits per heavy atom. The van der Waals surface area contributed by atoms with Gasteiger partial charge < -0.3 is 15.5 Å². The Kier molecular flexibility index (Phi) is 5.13. The number of phenolic OH excluding ortho intramolecular Hbond substituents is 1. The molecule has 0 saturated heterocycles.